The molecule has 0 saturated heterocycles. The fourth-order valence-electron chi connectivity index (χ4n) is 4.41. The van der Waals surface area contributed by atoms with E-state index in [2.05, 4.69) is 19.2 Å². The van der Waals surface area contributed by atoms with Gasteiger partial charge in [0.15, 0.2) is 0 Å². The van der Waals surface area contributed by atoms with E-state index in [0.29, 0.717) is 17.9 Å². The highest BCUT2D eigenvalue weighted by Crippen LogP contribution is 2.32. The largest absolute Gasteiger partial charge is 0.353 e. The number of carbonyl (C=O) groups is 1. The van der Waals surface area contributed by atoms with Crippen LogP contribution in [0.1, 0.15) is 65.2 Å². The monoisotopic (exact) mass is 280 g/mol. The zero-order chi connectivity index (χ0) is 14.5. The molecule has 2 aliphatic rings. The lowest BCUT2D eigenvalue weighted by molar-refractivity contribution is -0.127. The first-order valence-electron chi connectivity index (χ1n) is 8.59. The number of hydrogen-bond acceptors (Lipinski definition) is 2. The van der Waals surface area contributed by atoms with Crippen molar-refractivity contribution in [3.8, 4) is 0 Å². The van der Waals surface area contributed by atoms with Crippen LogP contribution in [0, 0.1) is 23.7 Å². The minimum Gasteiger partial charge on any atom is -0.353 e. The van der Waals surface area contributed by atoms with Gasteiger partial charge in [-0.1, -0.05) is 26.7 Å². The smallest absolute Gasteiger partial charge is 0.223 e. The van der Waals surface area contributed by atoms with Crippen molar-refractivity contribution in [2.45, 2.75) is 71.3 Å². The number of nitrogens with one attached hydrogen (secondary N) is 1. The summed E-state index contributed by atoms with van der Waals surface area (Å²) >= 11 is 0. The average Bonchev–Trinajstić information content (AvgIpc) is 2.38. The number of amides is 1. The Hall–Kier alpha value is -0.570. The standard InChI is InChI=1S/C17H32N2O/c1-12-8-13(2)10-16(9-12)19-17(20)15-5-3-4-14(11-15)6-7-18/h12-16H,3-11,18H2,1-2H3,(H,19,20). The summed E-state index contributed by atoms with van der Waals surface area (Å²) in [6.07, 6.45) is 9.31. The second-order valence-corrected chi connectivity index (χ2v) is 7.43. The molecule has 0 aromatic rings. The van der Waals surface area contributed by atoms with E-state index in [4.69, 9.17) is 5.73 Å². The SMILES string of the molecule is CC1CC(C)CC(NC(=O)C2CCCC(CCN)C2)C1. The molecule has 0 radical (unpaired) electrons. The molecule has 4 atom stereocenters. The highest BCUT2D eigenvalue weighted by Gasteiger charge is 2.30. The molecule has 0 bridgehead atoms. The molecule has 1 amide bonds. The van der Waals surface area contributed by atoms with Gasteiger partial charge in [-0.15, -0.1) is 0 Å². The second kappa shape index (κ2) is 7.44. The van der Waals surface area contributed by atoms with Crippen molar-refractivity contribution in [3.05, 3.63) is 0 Å². The topological polar surface area (TPSA) is 55.1 Å². The lowest BCUT2D eigenvalue weighted by Gasteiger charge is -2.34. The van der Waals surface area contributed by atoms with Crippen molar-refractivity contribution in [1.82, 2.24) is 5.32 Å². The summed E-state index contributed by atoms with van der Waals surface area (Å²) in [4.78, 5) is 12.5. The van der Waals surface area contributed by atoms with Crippen molar-refractivity contribution in [3.63, 3.8) is 0 Å². The summed E-state index contributed by atoms with van der Waals surface area (Å²) in [7, 11) is 0. The van der Waals surface area contributed by atoms with Crippen LogP contribution < -0.4 is 11.1 Å². The summed E-state index contributed by atoms with van der Waals surface area (Å²) in [6, 6.07) is 0.413. The molecule has 0 aromatic heterocycles. The van der Waals surface area contributed by atoms with Gasteiger partial charge in [-0.3, -0.25) is 4.79 Å². The lowest BCUT2D eigenvalue weighted by Crippen LogP contribution is -2.43. The van der Waals surface area contributed by atoms with Gasteiger partial charge in [0.2, 0.25) is 5.91 Å². The van der Waals surface area contributed by atoms with Crippen molar-refractivity contribution in [2.75, 3.05) is 6.54 Å². The van der Waals surface area contributed by atoms with Crippen LogP contribution in [0.2, 0.25) is 0 Å². The van der Waals surface area contributed by atoms with Crippen molar-refractivity contribution in [1.29, 1.82) is 0 Å². The van der Waals surface area contributed by atoms with Crippen molar-refractivity contribution < 1.29 is 4.79 Å². The maximum absolute atomic E-state index is 12.5. The molecule has 2 saturated carbocycles. The summed E-state index contributed by atoms with van der Waals surface area (Å²) in [5, 5.41) is 3.34. The minimum atomic E-state index is 0.243. The highest BCUT2D eigenvalue weighted by atomic mass is 16.1. The Morgan fingerprint density at radius 2 is 1.80 bits per heavy atom. The molecular formula is C17H32N2O. The van der Waals surface area contributed by atoms with Crippen LogP contribution in [0.15, 0.2) is 0 Å². The zero-order valence-electron chi connectivity index (χ0n) is 13.2. The van der Waals surface area contributed by atoms with Crippen molar-refractivity contribution >= 4 is 5.91 Å². The van der Waals surface area contributed by atoms with E-state index in [9.17, 15) is 4.79 Å². The summed E-state index contributed by atoms with van der Waals surface area (Å²) in [5.41, 5.74) is 5.66. The molecule has 0 aromatic carbocycles. The van der Waals surface area contributed by atoms with Gasteiger partial charge in [0.25, 0.3) is 0 Å². The van der Waals surface area contributed by atoms with Crippen LogP contribution in [0.3, 0.4) is 0 Å². The first-order valence-corrected chi connectivity index (χ1v) is 8.59. The van der Waals surface area contributed by atoms with E-state index in [-0.39, 0.29) is 5.92 Å². The van der Waals surface area contributed by atoms with Crippen LogP contribution in [0.25, 0.3) is 0 Å². The Kier molecular flexibility index (Phi) is 5.88. The van der Waals surface area contributed by atoms with E-state index >= 15 is 0 Å². The molecule has 3 N–H and O–H groups in total. The minimum absolute atomic E-state index is 0.243. The molecule has 3 heteroatoms. The third kappa shape index (κ3) is 4.47. The molecule has 2 fully saturated rings. The Bertz CT molecular complexity index is 306. The molecule has 116 valence electrons. The van der Waals surface area contributed by atoms with E-state index < -0.39 is 0 Å². The van der Waals surface area contributed by atoms with E-state index in [1.54, 1.807) is 0 Å². The van der Waals surface area contributed by atoms with Gasteiger partial charge in [0.05, 0.1) is 0 Å². The number of rotatable bonds is 4. The second-order valence-electron chi connectivity index (χ2n) is 7.43. The molecule has 0 aliphatic heterocycles. The predicted octanol–water partition coefficient (Wildman–Crippen LogP) is 3.08. The molecule has 2 aliphatic carbocycles. The first-order chi connectivity index (χ1) is 9.58. The summed E-state index contributed by atoms with van der Waals surface area (Å²) < 4.78 is 0. The summed E-state index contributed by atoms with van der Waals surface area (Å²) in [5.74, 6) is 2.74. The maximum Gasteiger partial charge on any atom is 0.223 e. The molecular weight excluding hydrogens is 248 g/mol. The molecule has 3 nitrogen and oxygen atoms in total. The normalized spacial score (nSPS) is 38.5. The Balaban J connectivity index is 1.81. The van der Waals surface area contributed by atoms with E-state index in [0.717, 1.165) is 50.5 Å². The number of hydrogen-bond donors (Lipinski definition) is 2. The van der Waals surface area contributed by atoms with Gasteiger partial charge >= 0.3 is 0 Å². The van der Waals surface area contributed by atoms with Crippen LogP contribution >= 0.6 is 0 Å². The van der Waals surface area contributed by atoms with Crippen molar-refractivity contribution in [2.24, 2.45) is 29.4 Å². The quantitative estimate of drug-likeness (QED) is 0.831. The van der Waals surface area contributed by atoms with Gasteiger partial charge in [-0.2, -0.15) is 0 Å². The van der Waals surface area contributed by atoms with Gasteiger partial charge in [-0.05, 0) is 62.8 Å². The van der Waals surface area contributed by atoms with Gasteiger partial charge in [-0.25, -0.2) is 0 Å². The average molecular weight is 280 g/mol. The zero-order valence-corrected chi connectivity index (χ0v) is 13.2. The number of nitrogens with two attached hydrogens (primary N) is 1. The molecule has 0 spiro atoms. The fraction of sp³-hybridized carbons (Fsp3) is 0.941. The highest BCUT2D eigenvalue weighted by molar-refractivity contribution is 5.79. The first kappa shape index (κ1) is 15.8. The Morgan fingerprint density at radius 1 is 1.10 bits per heavy atom. The predicted molar refractivity (Wildman–Crippen MR) is 83.2 cm³/mol. The Morgan fingerprint density at radius 3 is 2.45 bits per heavy atom. The van der Waals surface area contributed by atoms with Gasteiger partial charge < -0.3 is 11.1 Å². The van der Waals surface area contributed by atoms with Crippen LogP contribution in [-0.2, 0) is 4.79 Å². The van der Waals surface area contributed by atoms with Gasteiger partial charge in [0, 0.05) is 12.0 Å². The molecule has 2 rings (SSSR count). The van der Waals surface area contributed by atoms with Gasteiger partial charge in [0.1, 0.15) is 0 Å². The third-order valence-corrected chi connectivity index (χ3v) is 5.25. The van der Waals surface area contributed by atoms with Crippen LogP contribution in [-0.4, -0.2) is 18.5 Å². The van der Waals surface area contributed by atoms with E-state index in [1.807, 2.05) is 0 Å². The molecule has 4 unspecified atom stereocenters. The van der Waals surface area contributed by atoms with Crippen LogP contribution in [0.4, 0.5) is 0 Å². The summed E-state index contributed by atoms with van der Waals surface area (Å²) in [6.45, 7) is 5.38. The molecule has 0 heterocycles. The number of carbonyl (C=O) groups excluding carboxylic acids is 1. The Labute approximate surface area is 124 Å². The van der Waals surface area contributed by atoms with Crippen LogP contribution in [0.5, 0.6) is 0 Å². The maximum atomic E-state index is 12.5. The molecule has 20 heavy (non-hydrogen) atoms. The van der Waals surface area contributed by atoms with E-state index in [1.165, 1.54) is 19.3 Å². The third-order valence-electron chi connectivity index (χ3n) is 5.25. The lowest BCUT2D eigenvalue weighted by atomic mass is 9.78. The fourth-order valence-corrected chi connectivity index (χ4v) is 4.41.